The van der Waals surface area contributed by atoms with Gasteiger partial charge in [-0.05, 0) is 27.5 Å². The Kier molecular flexibility index (Phi) is 3.85. The SMILES string of the molecule is O=Cc1cc(OC(F)(F)F)nc([N+](=O)[O-])c1I. The van der Waals surface area contributed by atoms with Crippen LogP contribution < -0.4 is 4.74 Å². The van der Waals surface area contributed by atoms with Crippen LogP contribution in [-0.2, 0) is 0 Å². The zero-order valence-corrected chi connectivity index (χ0v) is 9.85. The molecule has 0 aliphatic carbocycles. The second-order valence-corrected chi connectivity index (χ2v) is 3.69. The van der Waals surface area contributed by atoms with Crippen LogP contribution in [0.1, 0.15) is 10.4 Å². The fourth-order valence-electron chi connectivity index (χ4n) is 0.889. The lowest BCUT2D eigenvalue weighted by molar-refractivity contribution is -0.391. The van der Waals surface area contributed by atoms with E-state index in [-0.39, 0.29) is 15.4 Å². The van der Waals surface area contributed by atoms with Gasteiger partial charge in [-0.25, -0.2) is 0 Å². The molecule has 1 aromatic rings. The van der Waals surface area contributed by atoms with Crippen molar-refractivity contribution in [1.82, 2.24) is 4.98 Å². The van der Waals surface area contributed by atoms with E-state index >= 15 is 0 Å². The van der Waals surface area contributed by atoms with Gasteiger partial charge >= 0.3 is 18.1 Å². The maximum absolute atomic E-state index is 11.9. The highest BCUT2D eigenvalue weighted by Crippen LogP contribution is 2.28. The maximum atomic E-state index is 11.9. The van der Waals surface area contributed by atoms with E-state index in [4.69, 9.17) is 0 Å². The van der Waals surface area contributed by atoms with Crippen molar-refractivity contribution in [2.75, 3.05) is 0 Å². The highest BCUT2D eigenvalue weighted by Gasteiger charge is 2.35. The molecule has 0 unspecified atom stereocenters. The minimum absolute atomic E-state index is 0.155. The van der Waals surface area contributed by atoms with Crippen LogP contribution in [0, 0.1) is 13.7 Å². The van der Waals surface area contributed by atoms with Crippen LogP contribution in [0.5, 0.6) is 5.88 Å². The van der Waals surface area contributed by atoms with Gasteiger partial charge in [-0.2, -0.15) is 0 Å². The van der Waals surface area contributed by atoms with Crippen molar-refractivity contribution in [2.45, 2.75) is 6.36 Å². The number of aromatic nitrogens is 1. The minimum atomic E-state index is -5.03. The van der Waals surface area contributed by atoms with Crippen LogP contribution in [0.25, 0.3) is 0 Å². The van der Waals surface area contributed by atoms with Gasteiger partial charge in [0, 0.05) is 16.6 Å². The lowest BCUT2D eigenvalue weighted by Gasteiger charge is -2.06. The Hall–Kier alpha value is -1.46. The molecule has 0 aliphatic heterocycles. The molecule has 1 heterocycles. The molecule has 0 atom stereocenters. The Morgan fingerprint density at radius 1 is 1.53 bits per heavy atom. The topological polar surface area (TPSA) is 82.3 Å². The van der Waals surface area contributed by atoms with Crippen molar-refractivity contribution in [2.24, 2.45) is 0 Å². The van der Waals surface area contributed by atoms with Crippen LogP contribution >= 0.6 is 22.6 Å². The van der Waals surface area contributed by atoms with Crippen LogP contribution in [0.2, 0.25) is 0 Å². The largest absolute Gasteiger partial charge is 0.575 e. The van der Waals surface area contributed by atoms with Crippen LogP contribution in [0.3, 0.4) is 0 Å². The number of rotatable bonds is 3. The molecule has 92 valence electrons. The van der Waals surface area contributed by atoms with E-state index in [0.29, 0.717) is 6.07 Å². The Bertz CT molecular complexity index is 477. The van der Waals surface area contributed by atoms with Crippen LogP contribution in [-0.4, -0.2) is 22.6 Å². The molecule has 0 aromatic carbocycles. The molecule has 1 rings (SSSR count). The summed E-state index contributed by atoms with van der Waals surface area (Å²) in [4.78, 5) is 23.1. The number of alkyl halides is 3. The van der Waals surface area contributed by atoms with Crippen molar-refractivity contribution >= 4 is 34.7 Å². The van der Waals surface area contributed by atoms with Gasteiger partial charge in [-0.15, -0.1) is 13.2 Å². The third-order valence-corrected chi connectivity index (χ3v) is 2.57. The van der Waals surface area contributed by atoms with E-state index in [9.17, 15) is 28.1 Å². The van der Waals surface area contributed by atoms with Gasteiger partial charge in [-0.1, -0.05) is 0 Å². The quantitative estimate of drug-likeness (QED) is 0.357. The van der Waals surface area contributed by atoms with E-state index in [1.54, 1.807) is 0 Å². The molecule has 0 bridgehead atoms. The summed E-state index contributed by atoms with van der Waals surface area (Å²) < 4.78 is 38.9. The molecule has 0 amide bonds. The number of halogens is 4. The first kappa shape index (κ1) is 13.6. The normalized spacial score (nSPS) is 11.1. The van der Waals surface area contributed by atoms with Crippen molar-refractivity contribution in [3.8, 4) is 5.88 Å². The predicted octanol–water partition coefficient (Wildman–Crippen LogP) is 2.31. The Balaban J connectivity index is 3.30. The van der Waals surface area contributed by atoms with Crippen molar-refractivity contribution in [3.05, 3.63) is 25.3 Å². The van der Waals surface area contributed by atoms with Gasteiger partial charge in [0.2, 0.25) is 0 Å². The second kappa shape index (κ2) is 4.81. The molecule has 6 nitrogen and oxygen atoms in total. The van der Waals surface area contributed by atoms with E-state index in [2.05, 4.69) is 9.72 Å². The monoisotopic (exact) mass is 362 g/mol. The maximum Gasteiger partial charge on any atom is 0.575 e. The number of nitro groups is 1. The molecule has 0 radical (unpaired) electrons. The average Bonchev–Trinajstić information content (AvgIpc) is 2.17. The minimum Gasteiger partial charge on any atom is -0.366 e. The molecule has 1 aromatic heterocycles. The first-order chi connectivity index (χ1) is 7.74. The van der Waals surface area contributed by atoms with Crippen molar-refractivity contribution in [3.63, 3.8) is 0 Å². The summed E-state index contributed by atoms with van der Waals surface area (Å²) in [6.07, 6.45) is -4.85. The summed E-state index contributed by atoms with van der Waals surface area (Å²) in [5.74, 6) is -1.92. The smallest absolute Gasteiger partial charge is 0.366 e. The third-order valence-electron chi connectivity index (χ3n) is 1.47. The standard InChI is InChI=1S/C7H2F3IN2O4/c8-7(9,10)17-4-1-3(2-14)5(11)6(12-4)13(15)16/h1-2H. The van der Waals surface area contributed by atoms with Crippen LogP contribution in [0.4, 0.5) is 19.0 Å². The van der Waals surface area contributed by atoms with Gasteiger partial charge in [-0.3, -0.25) is 4.79 Å². The molecular formula is C7H2F3IN2O4. The van der Waals surface area contributed by atoms with Gasteiger partial charge in [0.1, 0.15) is 3.57 Å². The lowest BCUT2D eigenvalue weighted by atomic mass is 10.3. The van der Waals surface area contributed by atoms with Crippen molar-refractivity contribution in [1.29, 1.82) is 0 Å². The zero-order valence-electron chi connectivity index (χ0n) is 7.69. The van der Waals surface area contributed by atoms with Crippen molar-refractivity contribution < 1.29 is 27.6 Å². The number of aldehydes is 1. The summed E-state index contributed by atoms with van der Waals surface area (Å²) >= 11 is 1.44. The number of carbonyl (C=O) groups is 1. The molecule has 0 aliphatic rings. The number of nitrogens with zero attached hydrogens (tertiary/aromatic N) is 2. The molecule has 0 saturated carbocycles. The number of carbonyl (C=O) groups excluding carboxylic acids is 1. The molecule has 0 spiro atoms. The van der Waals surface area contributed by atoms with E-state index in [1.165, 1.54) is 22.6 Å². The zero-order chi connectivity index (χ0) is 13.2. The summed E-state index contributed by atoms with van der Waals surface area (Å²) in [6.45, 7) is 0. The summed E-state index contributed by atoms with van der Waals surface area (Å²) in [5.41, 5.74) is -0.299. The number of hydrogen-bond acceptors (Lipinski definition) is 5. The first-order valence-corrected chi connectivity index (χ1v) is 4.88. The van der Waals surface area contributed by atoms with E-state index < -0.39 is 23.0 Å². The summed E-state index contributed by atoms with van der Waals surface area (Å²) in [5, 5.41) is 10.5. The number of ether oxygens (including phenoxy) is 1. The number of hydrogen-bond donors (Lipinski definition) is 0. The summed E-state index contributed by atoms with van der Waals surface area (Å²) in [6, 6.07) is 0.676. The molecule has 0 saturated heterocycles. The fraction of sp³-hybridized carbons (Fsp3) is 0.143. The van der Waals surface area contributed by atoms with Gasteiger partial charge in [0.25, 0.3) is 0 Å². The van der Waals surface area contributed by atoms with E-state index in [0.717, 1.165) is 0 Å². The molecule has 0 fully saturated rings. The molecule has 17 heavy (non-hydrogen) atoms. The number of pyridine rings is 1. The summed E-state index contributed by atoms with van der Waals surface area (Å²) in [7, 11) is 0. The van der Waals surface area contributed by atoms with Gasteiger partial charge in [0.05, 0.1) is 0 Å². The molecule has 10 heteroatoms. The van der Waals surface area contributed by atoms with Gasteiger partial charge < -0.3 is 14.9 Å². The molecule has 0 N–H and O–H groups in total. The Labute approximate surface area is 105 Å². The fourth-order valence-corrected chi connectivity index (χ4v) is 1.49. The molecular weight excluding hydrogens is 360 g/mol. The highest BCUT2D eigenvalue weighted by atomic mass is 127. The van der Waals surface area contributed by atoms with Gasteiger partial charge in [0.15, 0.2) is 6.29 Å². The average molecular weight is 362 g/mol. The van der Waals surface area contributed by atoms with Crippen LogP contribution in [0.15, 0.2) is 6.07 Å². The second-order valence-electron chi connectivity index (χ2n) is 2.61. The Morgan fingerprint density at radius 2 is 2.12 bits per heavy atom. The Morgan fingerprint density at radius 3 is 2.53 bits per heavy atom. The van der Waals surface area contributed by atoms with E-state index in [1.807, 2.05) is 0 Å². The predicted molar refractivity (Wildman–Crippen MR) is 55.7 cm³/mol. The highest BCUT2D eigenvalue weighted by molar-refractivity contribution is 14.1. The third kappa shape index (κ3) is 3.51. The lowest BCUT2D eigenvalue weighted by Crippen LogP contribution is -2.18. The first-order valence-electron chi connectivity index (χ1n) is 3.80.